The molecule has 0 spiro atoms. The molecule has 2 atom stereocenters. The molecule has 5 rings (SSSR count). The number of piperazine rings is 1. The molecule has 0 aliphatic carbocycles. The first-order chi connectivity index (χ1) is 18.4. The van der Waals surface area contributed by atoms with E-state index in [4.69, 9.17) is 4.74 Å². The van der Waals surface area contributed by atoms with Gasteiger partial charge in [0.15, 0.2) is 0 Å². The topological polar surface area (TPSA) is 87.2 Å². The zero-order valence-corrected chi connectivity index (χ0v) is 21.9. The number of piperidine rings is 1. The number of hydrogen-bond donors (Lipinski definition) is 0. The van der Waals surface area contributed by atoms with Crippen molar-refractivity contribution in [3.05, 3.63) is 96.6 Å². The zero-order chi connectivity index (χ0) is 26.5. The fourth-order valence-corrected chi connectivity index (χ4v) is 6.87. The minimum absolute atomic E-state index is 0.0687. The van der Waals surface area contributed by atoms with E-state index in [9.17, 15) is 18.0 Å². The first-order valence-electron chi connectivity index (χ1n) is 12.9. The maximum absolute atomic E-state index is 13.7. The maximum Gasteiger partial charge on any atom is 0.415 e. The van der Waals surface area contributed by atoms with Crippen LogP contribution in [0.2, 0.25) is 0 Å². The molecule has 2 amide bonds. The smallest absolute Gasteiger partial charge is 0.410 e. The molecule has 2 unspecified atom stereocenters. The number of para-hydroxylation sites is 1. The molecule has 0 N–H and O–H groups in total. The minimum atomic E-state index is -3.81. The number of carbonyl (C=O) groups is 2. The van der Waals surface area contributed by atoms with Crippen LogP contribution in [0.25, 0.3) is 0 Å². The predicted molar refractivity (Wildman–Crippen MR) is 143 cm³/mol. The number of amides is 2. The Morgan fingerprint density at radius 2 is 1.26 bits per heavy atom. The van der Waals surface area contributed by atoms with Crippen LogP contribution in [-0.4, -0.2) is 67.2 Å². The lowest BCUT2D eigenvalue weighted by Gasteiger charge is -2.41. The Labute approximate surface area is 223 Å². The predicted octanol–water partition coefficient (Wildman–Crippen LogP) is 4.17. The van der Waals surface area contributed by atoms with Crippen LogP contribution in [0.4, 0.5) is 4.79 Å². The summed E-state index contributed by atoms with van der Waals surface area (Å²) < 4.78 is 34.4. The summed E-state index contributed by atoms with van der Waals surface area (Å²) in [7, 11) is -3.81. The normalized spacial score (nSPS) is 20.6. The summed E-state index contributed by atoms with van der Waals surface area (Å²) >= 11 is 0. The van der Waals surface area contributed by atoms with Gasteiger partial charge < -0.3 is 14.5 Å². The van der Waals surface area contributed by atoms with Gasteiger partial charge >= 0.3 is 6.09 Å². The number of benzene rings is 3. The number of ether oxygens (including phenoxy) is 1. The molecule has 0 radical (unpaired) electrons. The first-order valence-corrected chi connectivity index (χ1v) is 14.3. The van der Waals surface area contributed by atoms with Gasteiger partial charge in [-0.15, -0.1) is 0 Å². The Balaban J connectivity index is 1.27. The van der Waals surface area contributed by atoms with Gasteiger partial charge in [0.1, 0.15) is 5.75 Å². The molecular formula is C29H31N3O5S. The fourth-order valence-electron chi connectivity index (χ4n) is 5.16. The fraction of sp³-hybridized carbons (Fsp3) is 0.310. The summed E-state index contributed by atoms with van der Waals surface area (Å²) in [6.45, 7) is 1.61. The van der Waals surface area contributed by atoms with Gasteiger partial charge in [-0.3, -0.25) is 4.79 Å². The molecule has 2 aliphatic heterocycles. The summed E-state index contributed by atoms with van der Waals surface area (Å²) in [4.78, 5) is 29.6. The Morgan fingerprint density at radius 1 is 0.711 bits per heavy atom. The van der Waals surface area contributed by atoms with Crippen molar-refractivity contribution in [2.75, 3.05) is 32.7 Å². The van der Waals surface area contributed by atoms with Crippen LogP contribution < -0.4 is 4.74 Å². The van der Waals surface area contributed by atoms with Gasteiger partial charge in [0, 0.05) is 32.7 Å². The highest BCUT2D eigenvalue weighted by atomic mass is 32.2. The molecule has 2 aliphatic rings. The van der Waals surface area contributed by atoms with Gasteiger partial charge in [-0.1, -0.05) is 66.7 Å². The second-order valence-electron chi connectivity index (χ2n) is 9.58. The number of rotatable bonds is 5. The summed E-state index contributed by atoms with van der Waals surface area (Å²) in [5, 5.41) is 0. The van der Waals surface area contributed by atoms with E-state index in [2.05, 4.69) is 0 Å². The highest BCUT2D eigenvalue weighted by Crippen LogP contribution is 2.38. The molecule has 0 bridgehead atoms. The number of sulfonamides is 1. The van der Waals surface area contributed by atoms with Crippen molar-refractivity contribution in [2.45, 2.75) is 23.8 Å². The van der Waals surface area contributed by atoms with Crippen molar-refractivity contribution >= 4 is 22.0 Å². The molecular weight excluding hydrogens is 502 g/mol. The molecule has 2 saturated heterocycles. The van der Waals surface area contributed by atoms with Gasteiger partial charge in [0.05, 0.1) is 16.9 Å². The van der Waals surface area contributed by atoms with Crippen LogP contribution in [0, 0.1) is 5.92 Å². The van der Waals surface area contributed by atoms with Gasteiger partial charge in [-0.05, 0) is 42.7 Å². The van der Waals surface area contributed by atoms with Crippen molar-refractivity contribution in [1.82, 2.24) is 14.1 Å². The summed E-state index contributed by atoms with van der Waals surface area (Å²) in [5.41, 5.74) is 0.920. The van der Waals surface area contributed by atoms with Crippen molar-refractivity contribution in [2.24, 2.45) is 5.92 Å². The Bertz CT molecular complexity index is 1340. The Kier molecular flexibility index (Phi) is 7.76. The van der Waals surface area contributed by atoms with Crippen LogP contribution in [0.15, 0.2) is 95.9 Å². The van der Waals surface area contributed by atoms with E-state index in [1.54, 1.807) is 64.4 Å². The van der Waals surface area contributed by atoms with Crippen LogP contribution >= 0.6 is 0 Å². The van der Waals surface area contributed by atoms with E-state index in [0.29, 0.717) is 44.8 Å². The van der Waals surface area contributed by atoms with E-state index >= 15 is 0 Å². The molecule has 198 valence electrons. The molecule has 2 heterocycles. The van der Waals surface area contributed by atoms with Crippen LogP contribution in [0.5, 0.6) is 5.75 Å². The largest absolute Gasteiger partial charge is 0.415 e. The second-order valence-corrected chi connectivity index (χ2v) is 11.5. The third-order valence-electron chi connectivity index (χ3n) is 7.22. The third-order valence-corrected chi connectivity index (χ3v) is 9.11. The van der Waals surface area contributed by atoms with Gasteiger partial charge in [0.25, 0.3) is 0 Å². The first kappa shape index (κ1) is 25.9. The minimum Gasteiger partial charge on any atom is -0.410 e. The lowest BCUT2D eigenvalue weighted by Crippen LogP contribution is -2.54. The molecule has 2 fully saturated rings. The standard InChI is InChI=1S/C29H31N3O5S/c33-28(30-18-20-31(21-19-30)29(34)37-25-12-6-2-7-13-25)24-16-17-27(23-10-4-1-5-11-23)32(22-24)38(35,36)26-14-8-3-9-15-26/h1-15,24,27H,16-22H2. The van der Waals surface area contributed by atoms with E-state index in [1.807, 2.05) is 36.4 Å². The van der Waals surface area contributed by atoms with Crippen molar-refractivity contribution in [3.8, 4) is 5.75 Å². The van der Waals surface area contributed by atoms with Crippen molar-refractivity contribution in [1.29, 1.82) is 0 Å². The average Bonchev–Trinajstić information content (AvgIpc) is 2.98. The lowest BCUT2D eigenvalue weighted by molar-refractivity contribution is -0.138. The SMILES string of the molecule is O=C(Oc1ccccc1)N1CCN(C(=O)C2CCC(c3ccccc3)N(S(=O)(=O)c3ccccc3)C2)CC1. The monoisotopic (exact) mass is 533 g/mol. The van der Waals surface area contributed by atoms with E-state index < -0.39 is 22.0 Å². The Hall–Kier alpha value is -3.69. The average molecular weight is 534 g/mol. The molecule has 8 nitrogen and oxygen atoms in total. The molecule has 9 heteroatoms. The number of nitrogens with zero attached hydrogens (tertiary/aromatic N) is 3. The third kappa shape index (κ3) is 5.58. The van der Waals surface area contributed by atoms with Crippen molar-refractivity contribution < 1.29 is 22.7 Å². The maximum atomic E-state index is 13.7. The summed E-state index contributed by atoms with van der Waals surface area (Å²) in [6.07, 6.45) is 0.706. The van der Waals surface area contributed by atoms with Crippen LogP contribution in [0.3, 0.4) is 0 Å². The quantitative estimate of drug-likeness (QED) is 0.491. The molecule has 0 aromatic heterocycles. The highest BCUT2D eigenvalue weighted by Gasteiger charge is 2.41. The zero-order valence-electron chi connectivity index (χ0n) is 21.1. The van der Waals surface area contributed by atoms with Crippen LogP contribution in [0.1, 0.15) is 24.4 Å². The van der Waals surface area contributed by atoms with E-state index in [1.165, 1.54) is 4.31 Å². The van der Waals surface area contributed by atoms with Crippen molar-refractivity contribution in [3.63, 3.8) is 0 Å². The second kappa shape index (κ2) is 11.4. The van der Waals surface area contributed by atoms with Gasteiger partial charge in [-0.25, -0.2) is 13.2 Å². The number of hydrogen-bond acceptors (Lipinski definition) is 5. The number of carbonyl (C=O) groups excluding carboxylic acids is 2. The van der Waals surface area contributed by atoms with Crippen LogP contribution in [-0.2, 0) is 14.8 Å². The summed E-state index contributed by atoms with van der Waals surface area (Å²) in [5.74, 6) is -0.0389. The van der Waals surface area contributed by atoms with Gasteiger partial charge in [-0.2, -0.15) is 4.31 Å². The lowest BCUT2D eigenvalue weighted by atomic mass is 9.90. The summed E-state index contributed by atoms with van der Waals surface area (Å²) in [6, 6.07) is 26.5. The molecule has 3 aromatic carbocycles. The van der Waals surface area contributed by atoms with E-state index in [-0.39, 0.29) is 23.4 Å². The molecule has 38 heavy (non-hydrogen) atoms. The molecule has 3 aromatic rings. The highest BCUT2D eigenvalue weighted by molar-refractivity contribution is 7.89. The van der Waals surface area contributed by atoms with Gasteiger partial charge in [0.2, 0.25) is 15.9 Å². The van der Waals surface area contributed by atoms with E-state index in [0.717, 1.165) is 5.56 Å². The molecule has 0 saturated carbocycles. The Morgan fingerprint density at radius 3 is 1.89 bits per heavy atom.